The molecule has 0 aliphatic carbocycles. The summed E-state index contributed by atoms with van der Waals surface area (Å²) in [6, 6.07) is 1.39. The van der Waals surface area contributed by atoms with Crippen LogP contribution in [-0.2, 0) is 0 Å². The summed E-state index contributed by atoms with van der Waals surface area (Å²) < 4.78 is 2.05. The molecule has 0 aliphatic heterocycles. The summed E-state index contributed by atoms with van der Waals surface area (Å²) in [6.07, 6.45) is 1.57. The smallest absolute Gasteiger partial charge is 0.252 e. The number of nitrogens with one attached hydrogen (secondary N) is 2. The topological polar surface area (TPSA) is 65.9 Å². The highest BCUT2D eigenvalue weighted by Gasteiger charge is 1.94. The molecule has 0 saturated carbocycles. The van der Waals surface area contributed by atoms with Crippen molar-refractivity contribution in [2.45, 2.75) is 0 Å². The maximum Gasteiger partial charge on any atom is 0.252 e. The predicted octanol–water partition coefficient (Wildman–Crippen LogP) is 0.0802. The van der Waals surface area contributed by atoms with E-state index in [0.29, 0.717) is 10.5 Å². The third-order valence-electron chi connectivity index (χ3n) is 1.31. The molecule has 2 N–H and O–H groups in total. The number of H-pyrrole nitrogens is 2. The number of rotatable bonds is 0. The van der Waals surface area contributed by atoms with Crippen molar-refractivity contribution >= 4 is 18.0 Å². The molecule has 0 atom stereocenters. The van der Waals surface area contributed by atoms with E-state index in [0.717, 1.165) is 0 Å². The van der Waals surface area contributed by atoms with E-state index in [9.17, 15) is 4.79 Å². The largest absolute Gasteiger partial charge is 0.291 e. The van der Waals surface area contributed by atoms with E-state index in [-0.39, 0.29) is 5.56 Å². The molecule has 0 fully saturated rings. The van der Waals surface area contributed by atoms with Gasteiger partial charge in [0.05, 0.1) is 0 Å². The maximum absolute atomic E-state index is 10.7. The fourth-order valence-electron chi connectivity index (χ4n) is 0.825. The van der Waals surface area contributed by atoms with Gasteiger partial charge in [0.2, 0.25) is 10.5 Å². The van der Waals surface area contributed by atoms with E-state index < -0.39 is 0 Å². The number of nitrogens with zero attached hydrogens (tertiary/aromatic N) is 2. The van der Waals surface area contributed by atoms with E-state index in [1.54, 1.807) is 10.6 Å². The van der Waals surface area contributed by atoms with E-state index in [1.807, 2.05) is 0 Å². The van der Waals surface area contributed by atoms with Gasteiger partial charge < -0.3 is 0 Å². The van der Waals surface area contributed by atoms with Crippen LogP contribution < -0.4 is 5.56 Å². The second-order valence-corrected chi connectivity index (χ2v) is 2.41. The zero-order valence-electron chi connectivity index (χ0n) is 5.37. The van der Waals surface area contributed by atoms with Crippen molar-refractivity contribution in [2.75, 3.05) is 0 Å². The third-order valence-corrected chi connectivity index (χ3v) is 1.60. The van der Waals surface area contributed by atoms with Gasteiger partial charge in [0.1, 0.15) is 0 Å². The van der Waals surface area contributed by atoms with Gasteiger partial charge in [0, 0.05) is 12.3 Å². The average molecular weight is 168 g/mol. The van der Waals surface area contributed by atoms with Gasteiger partial charge in [-0.3, -0.25) is 14.2 Å². The van der Waals surface area contributed by atoms with Crippen LogP contribution in [0.4, 0.5) is 0 Å². The maximum atomic E-state index is 10.7. The Morgan fingerprint density at radius 2 is 2.45 bits per heavy atom. The van der Waals surface area contributed by atoms with Gasteiger partial charge in [-0.25, -0.2) is 5.10 Å². The molecule has 6 heteroatoms. The summed E-state index contributed by atoms with van der Waals surface area (Å²) in [6.45, 7) is 0. The van der Waals surface area contributed by atoms with E-state index >= 15 is 0 Å². The van der Waals surface area contributed by atoms with Gasteiger partial charge in [0.25, 0.3) is 5.56 Å². The summed E-state index contributed by atoms with van der Waals surface area (Å²) in [5.74, 6) is 0.433. The standard InChI is InChI=1S/C5H4N4OS/c10-3-1-2-9-4(6-3)7-8-5(9)11/h1-2H,(H,8,11)(H,6,7,10). The first-order chi connectivity index (χ1) is 5.27. The van der Waals surface area contributed by atoms with Crippen LogP contribution in [0.1, 0.15) is 0 Å². The first-order valence-electron chi connectivity index (χ1n) is 2.93. The molecular formula is C5H4N4OS. The normalized spacial score (nSPS) is 10.5. The third kappa shape index (κ3) is 0.874. The Morgan fingerprint density at radius 1 is 1.64 bits per heavy atom. The van der Waals surface area contributed by atoms with Crippen molar-refractivity contribution in [3.05, 3.63) is 27.4 Å². The van der Waals surface area contributed by atoms with Crippen molar-refractivity contribution in [1.29, 1.82) is 0 Å². The van der Waals surface area contributed by atoms with Crippen LogP contribution in [0.5, 0.6) is 0 Å². The fourth-order valence-corrected chi connectivity index (χ4v) is 1.02. The number of hydrogen-bond acceptors (Lipinski definition) is 3. The number of aromatic amines is 2. The van der Waals surface area contributed by atoms with E-state index in [1.165, 1.54) is 6.07 Å². The van der Waals surface area contributed by atoms with Crippen molar-refractivity contribution in [2.24, 2.45) is 0 Å². The minimum absolute atomic E-state index is 0.188. The molecule has 0 aromatic carbocycles. The molecule has 2 aromatic rings. The van der Waals surface area contributed by atoms with Crippen LogP contribution in [0.25, 0.3) is 5.78 Å². The second kappa shape index (κ2) is 2.03. The summed E-state index contributed by atoms with van der Waals surface area (Å²) in [5, 5.41) is 6.32. The molecule has 0 unspecified atom stereocenters. The molecule has 0 radical (unpaired) electrons. The van der Waals surface area contributed by atoms with Crippen LogP contribution in [-0.4, -0.2) is 19.6 Å². The van der Waals surface area contributed by atoms with Gasteiger partial charge in [-0.1, -0.05) is 0 Å². The SMILES string of the molecule is O=c1ccn2c(=S)[nH]nc2[nH]1. The Morgan fingerprint density at radius 3 is 3.27 bits per heavy atom. The molecule has 0 spiro atoms. The van der Waals surface area contributed by atoms with Crippen molar-refractivity contribution in [1.82, 2.24) is 19.6 Å². The minimum Gasteiger partial charge on any atom is -0.291 e. The molecule has 0 amide bonds. The van der Waals surface area contributed by atoms with Crippen molar-refractivity contribution < 1.29 is 0 Å². The zero-order valence-corrected chi connectivity index (χ0v) is 6.18. The summed E-state index contributed by atoms with van der Waals surface area (Å²) in [4.78, 5) is 13.2. The van der Waals surface area contributed by atoms with Crippen molar-refractivity contribution in [3.8, 4) is 0 Å². The zero-order chi connectivity index (χ0) is 7.84. The van der Waals surface area contributed by atoms with Gasteiger partial charge >= 0.3 is 0 Å². The van der Waals surface area contributed by atoms with Gasteiger partial charge in [0.15, 0.2) is 0 Å². The number of aromatic nitrogens is 4. The number of hydrogen-bond donors (Lipinski definition) is 2. The summed E-state index contributed by atoms with van der Waals surface area (Å²) >= 11 is 4.85. The predicted molar refractivity (Wildman–Crippen MR) is 41.0 cm³/mol. The van der Waals surface area contributed by atoms with Crippen LogP contribution >= 0.6 is 12.2 Å². The summed E-state index contributed by atoms with van der Waals surface area (Å²) in [7, 11) is 0. The second-order valence-electron chi connectivity index (χ2n) is 2.03. The molecule has 0 bridgehead atoms. The molecule has 5 nitrogen and oxygen atoms in total. The molecule has 56 valence electrons. The molecule has 2 rings (SSSR count). The molecule has 11 heavy (non-hydrogen) atoms. The Hall–Kier alpha value is -1.43. The lowest BCUT2D eigenvalue weighted by Gasteiger charge is -1.86. The Balaban J connectivity index is 3.08. The van der Waals surface area contributed by atoms with E-state index in [4.69, 9.17) is 12.2 Å². The fraction of sp³-hybridized carbons (Fsp3) is 0. The molecule has 2 heterocycles. The Labute approximate surface area is 65.7 Å². The van der Waals surface area contributed by atoms with E-state index in [2.05, 4.69) is 15.2 Å². The van der Waals surface area contributed by atoms with Crippen LogP contribution in [0.3, 0.4) is 0 Å². The Kier molecular flexibility index (Phi) is 1.16. The lowest BCUT2D eigenvalue weighted by atomic mass is 10.6. The van der Waals surface area contributed by atoms with Gasteiger partial charge in [-0.2, -0.15) is 0 Å². The quantitative estimate of drug-likeness (QED) is 0.547. The van der Waals surface area contributed by atoms with Crippen LogP contribution in [0.15, 0.2) is 17.1 Å². The average Bonchev–Trinajstić information content (AvgIpc) is 2.32. The van der Waals surface area contributed by atoms with Crippen LogP contribution in [0.2, 0.25) is 0 Å². The monoisotopic (exact) mass is 168 g/mol. The van der Waals surface area contributed by atoms with Crippen molar-refractivity contribution in [3.63, 3.8) is 0 Å². The van der Waals surface area contributed by atoms with Gasteiger partial charge in [-0.05, 0) is 12.2 Å². The first kappa shape index (κ1) is 6.29. The molecule has 2 aromatic heterocycles. The lowest BCUT2D eigenvalue weighted by molar-refractivity contribution is 1.07. The first-order valence-corrected chi connectivity index (χ1v) is 3.34. The van der Waals surface area contributed by atoms with Crippen LogP contribution in [0, 0.1) is 4.77 Å². The lowest BCUT2D eigenvalue weighted by Crippen LogP contribution is -2.05. The number of fused-ring (bicyclic) bond motifs is 1. The van der Waals surface area contributed by atoms with Gasteiger partial charge in [-0.15, -0.1) is 5.10 Å². The molecule has 0 aliphatic rings. The molecule has 0 saturated heterocycles. The Bertz CT molecular complexity index is 493. The highest BCUT2D eigenvalue weighted by Crippen LogP contribution is 1.90. The minimum atomic E-state index is -0.188. The molecular weight excluding hydrogens is 164 g/mol. The highest BCUT2D eigenvalue weighted by atomic mass is 32.1. The summed E-state index contributed by atoms with van der Waals surface area (Å²) in [5.41, 5.74) is -0.188. The highest BCUT2D eigenvalue weighted by molar-refractivity contribution is 7.71.